The standard InChI is InChI=1S/C19H22ClNO2/c1-4-13(2)15-6-9-17(10-7-15)23-12-19(22)21-18-11-16(20)8-5-14(18)3/h5-11,13H,4,12H2,1-3H3,(H,21,22)/t13-/m1/s1. The fraction of sp³-hybridized carbons (Fsp3) is 0.316. The largest absolute Gasteiger partial charge is 0.484 e. The van der Waals surface area contributed by atoms with Gasteiger partial charge in [-0.15, -0.1) is 0 Å². The van der Waals surface area contributed by atoms with Crippen LogP contribution in [-0.2, 0) is 4.79 Å². The van der Waals surface area contributed by atoms with Crippen LogP contribution in [0.2, 0.25) is 5.02 Å². The van der Waals surface area contributed by atoms with Crippen LogP contribution < -0.4 is 10.1 Å². The van der Waals surface area contributed by atoms with Crippen molar-refractivity contribution in [3.05, 3.63) is 58.6 Å². The van der Waals surface area contributed by atoms with Gasteiger partial charge in [-0.3, -0.25) is 4.79 Å². The molecule has 2 aromatic carbocycles. The fourth-order valence-electron chi connectivity index (χ4n) is 2.19. The Morgan fingerprint density at radius 3 is 2.57 bits per heavy atom. The molecule has 1 amide bonds. The molecule has 2 aromatic rings. The molecule has 3 nitrogen and oxygen atoms in total. The lowest BCUT2D eigenvalue weighted by Gasteiger charge is -2.12. The number of aryl methyl sites for hydroxylation is 1. The van der Waals surface area contributed by atoms with Gasteiger partial charge in [0.25, 0.3) is 5.91 Å². The Kier molecular flexibility index (Phi) is 6.05. The molecule has 1 atom stereocenters. The maximum absolute atomic E-state index is 12.0. The van der Waals surface area contributed by atoms with E-state index in [0.29, 0.717) is 22.4 Å². The molecule has 2 rings (SSSR count). The summed E-state index contributed by atoms with van der Waals surface area (Å²) >= 11 is 5.94. The maximum atomic E-state index is 12.0. The first-order chi connectivity index (χ1) is 11.0. The zero-order valence-electron chi connectivity index (χ0n) is 13.7. The van der Waals surface area contributed by atoms with Crippen molar-refractivity contribution in [3.63, 3.8) is 0 Å². The fourth-order valence-corrected chi connectivity index (χ4v) is 2.36. The van der Waals surface area contributed by atoms with Gasteiger partial charge < -0.3 is 10.1 Å². The van der Waals surface area contributed by atoms with Crippen LogP contribution in [0.1, 0.15) is 37.3 Å². The molecule has 0 saturated carbocycles. The Morgan fingerprint density at radius 1 is 1.22 bits per heavy atom. The molecule has 0 aliphatic heterocycles. The van der Waals surface area contributed by atoms with Gasteiger partial charge in [-0.1, -0.05) is 43.6 Å². The summed E-state index contributed by atoms with van der Waals surface area (Å²) < 4.78 is 5.53. The van der Waals surface area contributed by atoms with Crippen molar-refractivity contribution in [2.75, 3.05) is 11.9 Å². The number of nitrogens with one attached hydrogen (secondary N) is 1. The molecule has 4 heteroatoms. The van der Waals surface area contributed by atoms with E-state index in [1.165, 1.54) is 5.56 Å². The van der Waals surface area contributed by atoms with Crippen molar-refractivity contribution in [1.82, 2.24) is 0 Å². The van der Waals surface area contributed by atoms with E-state index in [9.17, 15) is 4.79 Å². The number of amides is 1. The van der Waals surface area contributed by atoms with E-state index in [1.54, 1.807) is 12.1 Å². The Labute approximate surface area is 142 Å². The molecule has 0 unspecified atom stereocenters. The molecular formula is C19H22ClNO2. The van der Waals surface area contributed by atoms with E-state index in [0.717, 1.165) is 12.0 Å². The van der Waals surface area contributed by atoms with E-state index in [1.807, 2.05) is 37.3 Å². The number of rotatable bonds is 6. The highest BCUT2D eigenvalue weighted by atomic mass is 35.5. The minimum Gasteiger partial charge on any atom is -0.484 e. The Bertz CT molecular complexity index is 668. The molecule has 0 heterocycles. The summed E-state index contributed by atoms with van der Waals surface area (Å²) in [5.41, 5.74) is 2.94. The smallest absolute Gasteiger partial charge is 0.262 e. The summed E-state index contributed by atoms with van der Waals surface area (Å²) in [4.78, 5) is 12.0. The SMILES string of the molecule is CC[C@@H](C)c1ccc(OCC(=O)Nc2cc(Cl)ccc2C)cc1. The number of hydrogen-bond acceptors (Lipinski definition) is 2. The van der Waals surface area contributed by atoms with Gasteiger partial charge in [-0.25, -0.2) is 0 Å². The van der Waals surface area contributed by atoms with E-state index < -0.39 is 0 Å². The molecule has 0 spiro atoms. The van der Waals surface area contributed by atoms with E-state index >= 15 is 0 Å². The van der Waals surface area contributed by atoms with Gasteiger partial charge in [-0.2, -0.15) is 0 Å². The molecule has 122 valence electrons. The molecular weight excluding hydrogens is 310 g/mol. The summed E-state index contributed by atoms with van der Waals surface area (Å²) in [5, 5.41) is 3.40. The molecule has 0 radical (unpaired) electrons. The van der Waals surface area contributed by atoms with Crippen LogP contribution in [0.15, 0.2) is 42.5 Å². The van der Waals surface area contributed by atoms with Crippen molar-refractivity contribution in [1.29, 1.82) is 0 Å². The lowest BCUT2D eigenvalue weighted by atomic mass is 9.99. The van der Waals surface area contributed by atoms with Crippen molar-refractivity contribution in [2.45, 2.75) is 33.1 Å². The first-order valence-corrected chi connectivity index (χ1v) is 8.16. The zero-order chi connectivity index (χ0) is 16.8. The topological polar surface area (TPSA) is 38.3 Å². The summed E-state index contributed by atoms with van der Waals surface area (Å²) in [6.07, 6.45) is 1.10. The first kappa shape index (κ1) is 17.4. The predicted molar refractivity (Wildman–Crippen MR) is 95.5 cm³/mol. The van der Waals surface area contributed by atoms with Crippen LogP contribution in [0.5, 0.6) is 5.75 Å². The van der Waals surface area contributed by atoms with E-state index in [4.69, 9.17) is 16.3 Å². The summed E-state index contributed by atoms with van der Waals surface area (Å²) in [6.45, 7) is 6.24. The zero-order valence-corrected chi connectivity index (χ0v) is 14.5. The number of carbonyl (C=O) groups excluding carboxylic acids is 1. The highest BCUT2D eigenvalue weighted by molar-refractivity contribution is 6.31. The highest BCUT2D eigenvalue weighted by Crippen LogP contribution is 2.22. The maximum Gasteiger partial charge on any atom is 0.262 e. The van der Waals surface area contributed by atoms with Crippen LogP contribution in [0.25, 0.3) is 0 Å². The van der Waals surface area contributed by atoms with E-state index in [2.05, 4.69) is 19.2 Å². The highest BCUT2D eigenvalue weighted by Gasteiger charge is 2.07. The van der Waals surface area contributed by atoms with Crippen LogP contribution in [0.4, 0.5) is 5.69 Å². The van der Waals surface area contributed by atoms with Gasteiger partial charge in [0.15, 0.2) is 6.61 Å². The van der Waals surface area contributed by atoms with Gasteiger partial charge in [0.1, 0.15) is 5.75 Å². The quantitative estimate of drug-likeness (QED) is 0.792. The van der Waals surface area contributed by atoms with E-state index in [-0.39, 0.29) is 12.5 Å². The molecule has 0 aromatic heterocycles. The summed E-state index contributed by atoms with van der Waals surface area (Å²) in [5.74, 6) is 1.01. The third-order valence-corrected chi connectivity index (χ3v) is 4.14. The summed E-state index contributed by atoms with van der Waals surface area (Å²) in [6, 6.07) is 13.3. The monoisotopic (exact) mass is 331 g/mol. The Hall–Kier alpha value is -2.00. The second-order valence-corrected chi connectivity index (χ2v) is 6.11. The van der Waals surface area contributed by atoms with Gasteiger partial charge in [0.2, 0.25) is 0 Å². The second-order valence-electron chi connectivity index (χ2n) is 5.67. The average molecular weight is 332 g/mol. The van der Waals surface area contributed by atoms with Gasteiger partial charge >= 0.3 is 0 Å². The van der Waals surface area contributed by atoms with Crippen molar-refractivity contribution < 1.29 is 9.53 Å². The molecule has 0 bridgehead atoms. The van der Waals surface area contributed by atoms with Crippen LogP contribution in [0, 0.1) is 6.92 Å². The Morgan fingerprint density at radius 2 is 1.91 bits per heavy atom. The van der Waals surface area contributed by atoms with Crippen LogP contribution in [-0.4, -0.2) is 12.5 Å². The van der Waals surface area contributed by atoms with Gasteiger partial charge in [0.05, 0.1) is 0 Å². The molecule has 1 N–H and O–H groups in total. The first-order valence-electron chi connectivity index (χ1n) is 7.78. The van der Waals surface area contributed by atoms with Crippen molar-refractivity contribution in [3.8, 4) is 5.75 Å². The lowest BCUT2D eigenvalue weighted by Crippen LogP contribution is -2.20. The number of carbonyl (C=O) groups is 1. The number of halogens is 1. The molecule has 0 fully saturated rings. The molecule has 23 heavy (non-hydrogen) atoms. The number of benzene rings is 2. The normalized spacial score (nSPS) is 11.8. The molecule has 0 aliphatic rings. The molecule has 0 saturated heterocycles. The van der Waals surface area contributed by atoms with Crippen molar-refractivity contribution >= 4 is 23.2 Å². The number of hydrogen-bond donors (Lipinski definition) is 1. The number of anilines is 1. The predicted octanol–water partition coefficient (Wildman–Crippen LogP) is 5.18. The second kappa shape index (κ2) is 8.02. The van der Waals surface area contributed by atoms with Crippen LogP contribution in [0.3, 0.4) is 0 Å². The third kappa shape index (κ3) is 5.00. The lowest BCUT2D eigenvalue weighted by molar-refractivity contribution is -0.118. The van der Waals surface area contributed by atoms with Crippen molar-refractivity contribution in [2.24, 2.45) is 0 Å². The third-order valence-electron chi connectivity index (χ3n) is 3.91. The van der Waals surface area contributed by atoms with Gasteiger partial charge in [0, 0.05) is 10.7 Å². The Balaban J connectivity index is 1.90. The van der Waals surface area contributed by atoms with Gasteiger partial charge in [-0.05, 0) is 54.7 Å². The summed E-state index contributed by atoms with van der Waals surface area (Å²) in [7, 11) is 0. The van der Waals surface area contributed by atoms with Crippen LogP contribution >= 0.6 is 11.6 Å². The molecule has 0 aliphatic carbocycles. The minimum absolute atomic E-state index is 0.0331. The minimum atomic E-state index is -0.207. The average Bonchev–Trinajstić information content (AvgIpc) is 2.56. The number of ether oxygens (including phenoxy) is 1.